The second-order valence-electron chi connectivity index (χ2n) is 6.90. The molecule has 2 fully saturated rings. The first-order valence-corrected chi connectivity index (χ1v) is 9.18. The number of rotatable bonds is 3. The Bertz CT molecular complexity index is 572. The van der Waals surface area contributed by atoms with Gasteiger partial charge in [0, 0.05) is 6.04 Å². The Labute approximate surface area is 119 Å². The minimum Gasteiger partial charge on any atom is -0.206 e. The van der Waals surface area contributed by atoms with Crippen molar-refractivity contribution < 1.29 is 8.42 Å². The van der Waals surface area contributed by atoms with Gasteiger partial charge in [0.05, 0.1) is 0 Å². The lowest BCUT2D eigenvalue weighted by Crippen LogP contribution is -2.52. The molecule has 1 N–H and O–H groups in total. The molecule has 1 aromatic rings. The molecule has 3 atom stereocenters. The summed E-state index contributed by atoms with van der Waals surface area (Å²) in [6.07, 6.45) is 3.52. The molecule has 2 saturated carbocycles. The standard InChI is InChI=1S/C14H21NO2S2/c1-13(2)10-6-7-14(3,9-10)12(13)15-19(16,17)11-5-4-8-18-11/h4-5,8,10,12,15H,6-7,9H2,1-3H3/t10-,12-,14+/m0/s1. The van der Waals surface area contributed by atoms with Gasteiger partial charge in [0.2, 0.25) is 10.0 Å². The fourth-order valence-corrected chi connectivity index (χ4v) is 6.76. The second kappa shape index (κ2) is 4.06. The zero-order chi connectivity index (χ0) is 13.9. The SMILES string of the molecule is CC1(C)[C@H]2CC[C@](C)(C2)[C@H]1NS(=O)(=O)c1cccs1. The molecule has 1 aromatic heterocycles. The third-order valence-electron chi connectivity index (χ3n) is 5.30. The van der Waals surface area contributed by atoms with Crippen molar-refractivity contribution in [2.45, 2.75) is 50.3 Å². The Morgan fingerprint density at radius 1 is 1.37 bits per heavy atom. The third-order valence-corrected chi connectivity index (χ3v) is 8.12. The molecule has 0 aliphatic heterocycles. The summed E-state index contributed by atoms with van der Waals surface area (Å²) in [5.74, 6) is 0.647. The first-order chi connectivity index (χ1) is 8.76. The average Bonchev–Trinajstić information content (AvgIpc) is 2.97. The van der Waals surface area contributed by atoms with Gasteiger partial charge in [-0.2, -0.15) is 0 Å². The van der Waals surface area contributed by atoms with Crippen LogP contribution in [0.5, 0.6) is 0 Å². The van der Waals surface area contributed by atoms with Crippen molar-refractivity contribution in [2.75, 3.05) is 0 Å². The van der Waals surface area contributed by atoms with Crippen LogP contribution in [0.25, 0.3) is 0 Å². The number of thiophene rings is 1. The summed E-state index contributed by atoms with van der Waals surface area (Å²) >= 11 is 1.28. The van der Waals surface area contributed by atoms with Gasteiger partial charge in [0.15, 0.2) is 0 Å². The first-order valence-electron chi connectivity index (χ1n) is 6.82. The minimum atomic E-state index is -3.36. The molecular formula is C14H21NO2S2. The topological polar surface area (TPSA) is 46.2 Å². The Hall–Kier alpha value is -0.390. The van der Waals surface area contributed by atoms with Crippen molar-refractivity contribution >= 4 is 21.4 Å². The minimum absolute atomic E-state index is 0.0471. The van der Waals surface area contributed by atoms with Gasteiger partial charge in [-0.05, 0) is 47.5 Å². The van der Waals surface area contributed by atoms with Crippen molar-refractivity contribution in [1.29, 1.82) is 0 Å². The molecule has 0 spiro atoms. The van der Waals surface area contributed by atoms with Crippen LogP contribution in [0.4, 0.5) is 0 Å². The van der Waals surface area contributed by atoms with E-state index in [1.54, 1.807) is 12.1 Å². The highest BCUT2D eigenvalue weighted by Gasteiger charge is 2.60. The van der Waals surface area contributed by atoms with Crippen LogP contribution in [-0.2, 0) is 10.0 Å². The zero-order valence-corrected chi connectivity index (χ0v) is 13.3. The van der Waals surface area contributed by atoms with Crippen molar-refractivity contribution in [2.24, 2.45) is 16.7 Å². The lowest BCUT2D eigenvalue weighted by Gasteiger charge is -2.42. The Balaban J connectivity index is 1.92. The van der Waals surface area contributed by atoms with Gasteiger partial charge >= 0.3 is 0 Å². The van der Waals surface area contributed by atoms with Crippen molar-refractivity contribution in [3.05, 3.63) is 17.5 Å². The summed E-state index contributed by atoms with van der Waals surface area (Å²) in [5.41, 5.74) is 0.176. The number of fused-ring (bicyclic) bond motifs is 2. The van der Waals surface area contributed by atoms with Crippen LogP contribution in [0.2, 0.25) is 0 Å². The van der Waals surface area contributed by atoms with Crippen molar-refractivity contribution in [1.82, 2.24) is 4.72 Å². The van der Waals surface area contributed by atoms with Crippen LogP contribution in [0.15, 0.2) is 21.7 Å². The highest BCUT2D eigenvalue weighted by molar-refractivity contribution is 7.91. The molecule has 19 heavy (non-hydrogen) atoms. The van der Waals surface area contributed by atoms with Crippen LogP contribution >= 0.6 is 11.3 Å². The molecule has 0 amide bonds. The van der Waals surface area contributed by atoms with E-state index in [4.69, 9.17) is 0 Å². The van der Waals surface area contributed by atoms with Gasteiger partial charge in [-0.25, -0.2) is 13.1 Å². The van der Waals surface area contributed by atoms with Crippen LogP contribution in [0.1, 0.15) is 40.0 Å². The molecule has 5 heteroatoms. The van der Waals surface area contributed by atoms with Gasteiger partial charge in [-0.1, -0.05) is 26.8 Å². The van der Waals surface area contributed by atoms with Crippen LogP contribution in [0, 0.1) is 16.7 Å². The van der Waals surface area contributed by atoms with E-state index in [2.05, 4.69) is 25.5 Å². The van der Waals surface area contributed by atoms with Crippen LogP contribution < -0.4 is 4.72 Å². The second-order valence-corrected chi connectivity index (χ2v) is 9.79. The fourth-order valence-electron chi connectivity index (χ4n) is 4.23. The number of sulfonamides is 1. The maximum Gasteiger partial charge on any atom is 0.250 e. The zero-order valence-electron chi connectivity index (χ0n) is 11.6. The molecule has 3 rings (SSSR count). The molecule has 0 radical (unpaired) electrons. The quantitative estimate of drug-likeness (QED) is 0.931. The predicted molar refractivity (Wildman–Crippen MR) is 77.7 cm³/mol. The monoisotopic (exact) mass is 299 g/mol. The predicted octanol–water partition coefficient (Wildman–Crippen LogP) is 3.24. The summed E-state index contributed by atoms with van der Waals surface area (Å²) < 4.78 is 28.3. The molecular weight excluding hydrogens is 278 g/mol. The number of hydrogen-bond donors (Lipinski definition) is 1. The summed E-state index contributed by atoms with van der Waals surface area (Å²) in [5, 5.41) is 1.81. The van der Waals surface area contributed by atoms with E-state index in [0.29, 0.717) is 10.1 Å². The number of nitrogens with one attached hydrogen (secondary N) is 1. The normalized spacial score (nSPS) is 36.8. The highest BCUT2D eigenvalue weighted by atomic mass is 32.2. The summed E-state index contributed by atoms with van der Waals surface area (Å²) in [7, 11) is -3.36. The van der Waals surface area contributed by atoms with Crippen LogP contribution in [0.3, 0.4) is 0 Å². The Kier molecular flexibility index (Phi) is 2.90. The average molecular weight is 299 g/mol. The van der Waals surface area contributed by atoms with Gasteiger partial charge in [0.25, 0.3) is 0 Å². The molecule has 2 bridgehead atoms. The van der Waals surface area contributed by atoms with Crippen molar-refractivity contribution in [3.8, 4) is 0 Å². The molecule has 2 aliphatic carbocycles. The van der Waals surface area contributed by atoms with E-state index in [1.165, 1.54) is 17.8 Å². The lowest BCUT2D eigenvalue weighted by molar-refractivity contribution is 0.127. The smallest absolute Gasteiger partial charge is 0.206 e. The molecule has 3 nitrogen and oxygen atoms in total. The molecule has 2 aliphatic rings. The van der Waals surface area contributed by atoms with E-state index in [-0.39, 0.29) is 16.9 Å². The van der Waals surface area contributed by atoms with Crippen LogP contribution in [-0.4, -0.2) is 14.5 Å². The van der Waals surface area contributed by atoms with E-state index in [0.717, 1.165) is 12.8 Å². The summed E-state index contributed by atoms with van der Waals surface area (Å²) in [6.45, 7) is 6.66. The van der Waals surface area contributed by atoms with Gasteiger partial charge in [-0.3, -0.25) is 0 Å². The first kappa shape index (κ1) is 13.6. The van der Waals surface area contributed by atoms with E-state index >= 15 is 0 Å². The van der Waals surface area contributed by atoms with Gasteiger partial charge < -0.3 is 0 Å². The summed E-state index contributed by atoms with van der Waals surface area (Å²) in [4.78, 5) is 0. The molecule has 0 aromatic carbocycles. The van der Waals surface area contributed by atoms with Gasteiger partial charge in [0.1, 0.15) is 4.21 Å². The van der Waals surface area contributed by atoms with E-state index in [9.17, 15) is 8.42 Å². The fraction of sp³-hybridized carbons (Fsp3) is 0.714. The third kappa shape index (κ3) is 1.98. The molecule has 0 saturated heterocycles. The maximum atomic E-state index is 12.5. The Morgan fingerprint density at radius 2 is 2.11 bits per heavy atom. The maximum absolute atomic E-state index is 12.5. The Morgan fingerprint density at radius 3 is 2.63 bits per heavy atom. The molecule has 1 heterocycles. The largest absolute Gasteiger partial charge is 0.250 e. The molecule has 0 unspecified atom stereocenters. The van der Waals surface area contributed by atoms with Crippen molar-refractivity contribution in [3.63, 3.8) is 0 Å². The lowest BCUT2D eigenvalue weighted by atomic mass is 9.69. The molecule has 106 valence electrons. The van der Waals surface area contributed by atoms with Gasteiger partial charge in [-0.15, -0.1) is 11.3 Å². The van der Waals surface area contributed by atoms with E-state index < -0.39 is 10.0 Å². The van der Waals surface area contributed by atoms with E-state index in [1.807, 2.05) is 5.38 Å². The number of hydrogen-bond acceptors (Lipinski definition) is 3. The highest BCUT2D eigenvalue weighted by Crippen LogP contribution is 2.62. The summed E-state index contributed by atoms with van der Waals surface area (Å²) in [6, 6.07) is 3.51.